The lowest BCUT2D eigenvalue weighted by Crippen LogP contribution is -2.19. The van der Waals surface area contributed by atoms with Gasteiger partial charge < -0.3 is 15.3 Å². The molecule has 26 heavy (non-hydrogen) atoms. The van der Waals surface area contributed by atoms with E-state index >= 15 is 0 Å². The van der Waals surface area contributed by atoms with Gasteiger partial charge in [0.15, 0.2) is 0 Å². The van der Waals surface area contributed by atoms with Crippen molar-refractivity contribution < 1.29 is 20.1 Å². The molecule has 3 N–H and O–H groups in total. The molecule has 2 unspecified atom stereocenters. The Kier molecular flexibility index (Phi) is 6.90. The van der Waals surface area contributed by atoms with Crippen molar-refractivity contribution in [3.8, 4) is 11.3 Å². The number of hydrogen-bond donors (Lipinski definition) is 3. The number of aromatic nitrogens is 3. The molecule has 140 valence electrons. The minimum atomic E-state index is -1.11. The standard InChI is InChI=1S/C18H22ClN3O4/c1-11(2)22-16(8-7-14(23)9-15(24)10-17(25)26)18(20-21-22)12-3-5-13(19)6-4-12/h3-8,11,14-15,23-24H,9-10H2,1-2H3,(H,25,26)/b8-7+. The van der Waals surface area contributed by atoms with Crippen LogP contribution in [-0.4, -0.2) is 48.5 Å². The van der Waals surface area contributed by atoms with Crippen LogP contribution < -0.4 is 0 Å². The summed E-state index contributed by atoms with van der Waals surface area (Å²) in [5, 5.41) is 37.4. The van der Waals surface area contributed by atoms with Gasteiger partial charge in [0, 0.05) is 23.0 Å². The molecular formula is C18H22ClN3O4. The maximum atomic E-state index is 10.6. The first-order valence-electron chi connectivity index (χ1n) is 8.25. The summed E-state index contributed by atoms with van der Waals surface area (Å²) in [4.78, 5) is 10.6. The second-order valence-corrected chi connectivity index (χ2v) is 6.72. The van der Waals surface area contributed by atoms with Gasteiger partial charge in [-0.1, -0.05) is 35.0 Å². The van der Waals surface area contributed by atoms with E-state index in [2.05, 4.69) is 10.3 Å². The van der Waals surface area contributed by atoms with Gasteiger partial charge in [-0.05, 0) is 32.1 Å². The van der Waals surface area contributed by atoms with E-state index in [1.807, 2.05) is 26.0 Å². The number of carbonyl (C=O) groups is 1. The number of halogens is 1. The zero-order chi connectivity index (χ0) is 19.3. The molecule has 0 aliphatic heterocycles. The van der Waals surface area contributed by atoms with Gasteiger partial charge >= 0.3 is 5.97 Å². The Morgan fingerprint density at radius 2 is 1.92 bits per heavy atom. The van der Waals surface area contributed by atoms with E-state index in [1.165, 1.54) is 6.08 Å². The summed E-state index contributed by atoms with van der Waals surface area (Å²) in [6.07, 6.45) is 0.604. The summed E-state index contributed by atoms with van der Waals surface area (Å²) in [6.45, 7) is 3.93. The van der Waals surface area contributed by atoms with Gasteiger partial charge in [-0.15, -0.1) is 5.10 Å². The van der Waals surface area contributed by atoms with E-state index in [0.29, 0.717) is 16.4 Å². The fourth-order valence-corrected chi connectivity index (χ4v) is 2.62. The fraction of sp³-hybridized carbons (Fsp3) is 0.389. The second-order valence-electron chi connectivity index (χ2n) is 6.28. The monoisotopic (exact) mass is 379 g/mol. The molecule has 2 rings (SSSR count). The highest BCUT2D eigenvalue weighted by molar-refractivity contribution is 6.30. The third kappa shape index (κ3) is 5.39. The number of benzene rings is 1. The number of rotatable bonds is 8. The van der Waals surface area contributed by atoms with Crippen molar-refractivity contribution in [3.05, 3.63) is 41.1 Å². The Bertz CT molecular complexity index is 771. The van der Waals surface area contributed by atoms with Gasteiger partial charge in [0.05, 0.1) is 24.3 Å². The van der Waals surface area contributed by atoms with Crippen molar-refractivity contribution in [1.29, 1.82) is 0 Å². The third-order valence-electron chi connectivity index (χ3n) is 3.74. The van der Waals surface area contributed by atoms with Gasteiger partial charge in [-0.2, -0.15) is 0 Å². The number of carboxylic acids is 1. The molecule has 2 aromatic rings. The van der Waals surface area contributed by atoms with Crippen LogP contribution in [0.15, 0.2) is 30.3 Å². The summed E-state index contributed by atoms with van der Waals surface area (Å²) in [6, 6.07) is 7.24. The van der Waals surface area contributed by atoms with Crippen LogP contribution in [0.1, 0.15) is 38.4 Å². The molecule has 2 atom stereocenters. The molecule has 0 radical (unpaired) electrons. The van der Waals surface area contributed by atoms with Crippen LogP contribution >= 0.6 is 11.6 Å². The molecular weight excluding hydrogens is 358 g/mol. The molecule has 1 aromatic heterocycles. The van der Waals surface area contributed by atoms with Crippen LogP contribution in [0.3, 0.4) is 0 Å². The second kappa shape index (κ2) is 8.93. The SMILES string of the molecule is CC(C)n1nnc(-c2ccc(Cl)cc2)c1/C=C/C(O)CC(O)CC(=O)O. The van der Waals surface area contributed by atoms with Crippen LogP contribution in [0.25, 0.3) is 17.3 Å². The first kappa shape index (κ1) is 20.1. The van der Waals surface area contributed by atoms with E-state index in [9.17, 15) is 15.0 Å². The van der Waals surface area contributed by atoms with E-state index in [0.717, 1.165) is 5.56 Å². The number of hydrogen-bond acceptors (Lipinski definition) is 5. The number of aliphatic hydroxyl groups excluding tert-OH is 2. The molecule has 1 aromatic carbocycles. The molecule has 7 nitrogen and oxygen atoms in total. The number of nitrogens with zero attached hydrogens (tertiary/aromatic N) is 3. The minimum absolute atomic E-state index is 0.0537. The maximum Gasteiger partial charge on any atom is 0.305 e. The fourth-order valence-electron chi connectivity index (χ4n) is 2.50. The molecule has 0 aliphatic rings. The highest BCUT2D eigenvalue weighted by Crippen LogP contribution is 2.26. The quantitative estimate of drug-likeness (QED) is 0.650. The van der Waals surface area contributed by atoms with Crippen molar-refractivity contribution >= 4 is 23.6 Å². The van der Waals surface area contributed by atoms with Crippen molar-refractivity contribution in [2.75, 3.05) is 0 Å². The van der Waals surface area contributed by atoms with E-state index < -0.39 is 24.6 Å². The predicted octanol–water partition coefficient (Wildman–Crippen LogP) is 2.78. The third-order valence-corrected chi connectivity index (χ3v) is 3.99. The van der Waals surface area contributed by atoms with Crippen LogP contribution in [-0.2, 0) is 4.79 Å². The molecule has 1 heterocycles. The van der Waals surface area contributed by atoms with Crippen LogP contribution in [0.4, 0.5) is 0 Å². The Morgan fingerprint density at radius 3 is 2.50 bits per heavy atom. The lowest BCUT2D eigenvalue weighted by molar-refractivity contribution is -0.139. The van der Waals surface area contributed by atoms with E-state index in [-0.39, 0.29) is 12.5 Å². The number of aliphatic hydroxyl groups is 2. The van der Waals surface area contributed by atoms with Gasteiger partial charge in [0.25, 0.3) is 0 Å². The summed E-state index contributed by atoms with van der Waals surface area (Å²) in [5.74, 6) is -1.11. The van der Waals surface area contributed by atoms with Crippen LogP contribution in [0, 0.1) is 0 Å². The van der Waals surface area contributed by atoms with Gasteiger partial charge in [-0.25, -0.2) is 4.68 Å². The Labute approximate surface area is 156 Å². The Balaban J connectivity index is 2.25. The molecule has 0 fully saturated rings. The number of carboxylic acid groups (broad SMARTS) is 1. The lowest BCUT2D eigenvalue weighted by Gasteiger charge is -2.12. The Morgan fingerprint density at radius 1 is 1.27 bits per heavy atom. The molecule has 8 heteroatoms. The van der Waals surface area contributed by atoms with Crippen LogP contribution in [0.2, 0.25) is 5.02 Å². The van der Waals surface area contributed by atoms with Crippen LogP contribution in [0.5, 0.6) is 0 Å². The first-order valence-corrected chi connectivity index (χ1v) is 8.63. The summed E-state index contributed by atoms with van der Waals surface area (Å²) in [5.41, 5.74) is 2.18. The van der Waals surface area contributed by atoms with Crippen molar-refractivity contribution in [2.45, 2.75) is 44.9 Å². The lowest BCUT2D eigenvalue weighted by atomic mass is 10.1. The smallest absolute Gasteiger partial charge is 0.305 e. The first-order chi connectivity index (χ1) is 12.3. The highest BCUT2D eigenvalue weighted by Gasteiger charge is 2.16. The molecule has 0 bridgehead atoms. The van der Waals surface area contributed by atoms with E-state index in [4.69, 9.17) is 16.7 Å². The zero-order valence-corrected chi connectivity index (χ0v) is 15.3. The molecule has 0 aliphatic carbocycles. The van der Waals surface area contributed by atoms with Gasteiger partial charge in [-0.3, -0.25) is 4.79 Å². The Hall–Kier alpha value is -2.22. The van der Waals surface area contributed by atoms with Gasteiger partial charge in [0.1, 0.15) is 5.69 Å². The van der Waals surface area contributed by atoms with Crippen molar-refractivity contribution in [2.24, 2.45) is 0 Å². The topological polar surface area (TPSA) is 108 Å². The average molecular weight is 380 g/mol. The summed E-state index contributed by atoms with van der Waals surface area (Å²) in [7, 11) is 0. The van der Waals surface area contributed by atoms with Crippen molar-refractivity contribution in [3.63, 3.8) is 0 Å². The minimum Gasteiger partial charge on any atom is -0.481 e. The maximum absolute atomic E-state index is 10.6. The average Bonchev–Trinajstić information content (AvgIpc) is 2.96. The summed E-state index contributed by atoms with van der Waals surface area (Å²) < 4.78 is 1.72. The summed E-state index contributed by atoms with van der Waals surface area (Å²) >= 11 is 5.93. The normalized spacial score (nSPS) is 14.1. The highest BCUT2D eigenvalue weighted by atomic mass is 35.5. The predicted molar refractivity (Wildman–Crippen MR) is 98.8 cm³/mol. The molecule has 0 saturated heterocycles. The van der Waals surface area contributed by atoms with Crippen molar-refractivity contribution in [1.82, 2.24) is 15.0 Å². The van der Waals surface area contributed by atoms with Gasteiger partial charge in [0.2, 0.25) is 0 Å². The molecule has 0 amide bonds. The van der Waals surface area contributed by atoms with E-state index in [1.54, 1.807) is 22.9 Å². The zero-order valence-electron chi connectivity index (χ0n) is 14.6. The molecule has 0 saturated carbocycles. The number of aliphatic carboxylic acids is 1. The largest absolute Gasteiger partial charge is 0.481 e. The molecule has 0 spiro atoms.